The first kappa shape index (κ1) is 13.5. The average Bonchev–Trinajstić information content (AvgIpc) is 2.42. The second-order valence-electron chi connectivity index (χ2n) is 4.33. The molecule has 0 radical (unpaired) electrons. The lowest BCUT2D eigenvalue weighted by Crippen LogP contribution is -2.12. The Morgan fingerprint density at radius 1 is 1.20 bits per heavy atom. The minimum Gasteiger partial charge on any atom is -0.399 e. The Labute approximate surface area is 115 Å². The molecule has 0 saturated heterocycles. The van der Waals surface area contributed by atoms with Gasteiger partial charge < -0.3 is 11.1 Å². The van der Waals surface area contributed by atoms with Crippen LogP contribution >= 0.6 is 0 Å². The number of nitro benzene ring substituents is 1. The number of rotatable bonds is 3. The van der Waals surface area contributed by atoms with E-state index in [4.69, 9.17) is 5.73 Å². The smallest absolute Gasteiger partial charge is 0.269 e. The van der Waals surface area contributed by atoms with Gasteiger partial charge in [-0.2, -0.15) is 0 Å². The fraction of sp³-hybridized carbons (Fsp3) is 0.0714. The SMILES string of the molecule is Cc1cc(C(=O)Nc2ccc([N+](=O)[O-])cc2)ccc1N. The van der Waals surface area contributed by atoms with Crippen LogP contribution in [0.2, 0.25) is 0 Å². The molecule has 6 heteroatoms. The van der Waals surface area contributed by atoms with E-state index in [1.165, 1.54) is 24.3 Å². The summed E-state index contributed by atoms with van der Waals surface area (Å²) in [5.74, 6) is -0.290. The molecular formula is C14H13N3O3. The number of nitrogens with one attached hydrogen (secondary N) is 1. The van der Waals surface area contributed by atoms with Gasteiger partial charge in [-0.1, -0.05) is 0 Å². The van der Waals surface area contributed by atoms with Crippen molar-refractivity contribution < 1.29 is 9.72 Å². The molecule has 2 aromatic carbocycles. The van der Waals surface area contributed by atoms with E-state index in [0.717, 1.165) is 5.56 Å². The quantitative estimate of drug-likeness (QED) is 0.509. The van der Waals surface area contributed by atoms with E-state index in [2.05, 4.69) is 5.32 Å². The molecule has 3 N–H and O–H groups in total. The molecule has 0 saturated carbocycles. The molecule has 0 aliphatic heterocycles. The van der Waals surface area contributed by atoms with E-state index in [-0.39, 0.29) is 11.6 Å². The molecule has 0 aliphatic carbocycles. The van der Waals surface area contributed by atoms with E-state index in [1.54, 1.807) is 18.2 Å². The first-order valence-corrected chi connectivity index (χ1v) is 5.89. The summed E-state index contributed by atoms with van der Waals surface area (Å²) in [6.07, 6.45) is 0. The van der Waals surface area contributed by atoms with E-state index >= 15 is 0 Å². The third-order valence-electron chi connectivity index (χ3n) is 2.87. The van der Waals surface area contributed by atoms with Crippen molar-refractivity contribution in [2.24, 2.45) is 0 Å². The van der Waals surface area contributed by atoms with Gasteiger partial charge in [-0.15, -0.1) is 0 Å². The Hall–Kier alpha value is -2.89. The van der Waals surface area contributed by atoms with Gasteiger partial charge in [-0.3, -0.25) is 14.9 Å². The number of aryl methyl sites for hydroxylation is 1. The largest absolute Gasteiger partial charge is 0.399 e. The van der Waals surface area contributed by atoms with Crippen LogP contribution < -0.4 is 11.1 Å². The number of nitrogen functional groups attached to an aromatic ring is 1. The minimum absolute atomic E-state index is 0.0219. The van der Waals surface area contributed by atoms with Gasteiger partial charge >= 0.3 is 0 Å². The van der Waals surface area contributed by atoms with Crippen LogP contribution in [0.15, 0.2) is 42.5 Å². The Morgan fingerprint density at radius 3 is 2.40 bits per heavy atom. The number of nitrogens with zero attached hydrogens (tertiary/aromatic N) is 1. The fourth-order valence-corrected chi connectivity index (χ4v) is 1.69. The van der Waals surface area contributed by atoms with Gasteiger partial charge in [0.15, 0.2) is 0 Å². The standard InChI is InChI=1S/C14H13N3O3/c1-9-8-10(2-7-13(9)15)14(18)16-11-3-5-12(6-4-11)17(19)20/h2-8H,15H2,1H3,(H,16,18). The first-order valence-electron chi connectivity index (χ1n) is 5.89. The van der Waals surface area contributed by atoms with Crippen LogP contribution in [0.3, 0.4) is 0 Å². The monoisotopic (exact) mass is 271 g/mol. The molecule has 0 unspecified atom stereocenters. The molecule has 0 spiro atoms. The molecule has 20 heavy (non-hydrogen) atoms. The van der Waals surface area contributed by atoms with Crippen molar-refractivity contribution in [2.45, 2.75) is 6.92 Å². The molecule has 0 atom stereocenters. The molecule has 6 nitrogen and oxygen atoms in total. The highest BCUT2D eigenvalue weighted by Crippen LogP contribution is 2.17. The third kappa shape index (κ3) is 2.92. The first-order chi connectivity index (χ1) is 9.47. The molecule has 1 amide bonds. The summed E-state index contributed by atoms with van der Waals surface area (Å²) in [6, 6.07) is 10.6. The number of carbonyl (C=O) groups is 1. The lowest BCUT2D eigenvalue weighted by atomic mass is 10.1. The maximum atomic E-state index is 12.0. The van der Waals surface area contributed by atoms with Gasteiger partial charge in [0.05, 0.1) is 4.92 Å². The zero-order valence-corrected chi connectivity index (χ0v) is 10.8. The van der Waals surface area contributed by atoms with Gasteiger partial charge in [0.2, 0.25) is 0 Å². The zero-order chi connectivity index (χ0) is 14.7. The van der Waals surface area contributed by atoms with Crippen molar-refractivity contribution >= 4 is 23.0 Å². The summed E-state index contributed by atoms with van der Waals surface area (Å²) in [5, 5.41) is 13.2. The summed E-state index contributed by atoms with van der Waals surface area (Å²) >= 11 is 0. The number of amides is 1. The second-order valence-corrected chi connectivity index (χ2v) is 4.33. The number of carbonyl (C=O) groups excluding carboxylic acids is 1. The van der Waals surface area contributed by atoms with Gasteiger partial charge in [0.25, 0.3) is 11.6 Å². The second kappa shape index (κ2) is 5.40. The van der Waals surface area contributed by atoms with E-state index in [1.807, 2.05) is 6.92 Å². The normalized spacial score (nSPS) is 10.1. The maximum absolute atomic E-state index is 12.0. The van der Waals surface area contributed by atoms with Crippen LogP contribution in [-0.2, 0) is 0 Å². The van der Waals surface area contributed by atoms with Crippen molar-refractivity contribution in [1.29, 1.82) is 0 Å². The van der Waals surface area contributed by atoms with E-state index in [0.29, 0.717) is 16.9 Å². The predicted octanol–water partition coefficient (Wildman–Crippen LogP) is 2.74. The van der Waals surface area contributed by atoms with Crippen molar-refractivity contribution in [3.63, 3.8) is 0 Å². The molecule has 0 aliphatic rings. The Bertz CT molecular complexity index is 666. The highest BCUT2D eigenvalue weighted by atomic mass is 16.6. The highest BCUT2D eigenvalue weighted by Gasteiger charge is 2.09. The van der Waals surface area contributed by atoms with Crippen LogP contribution in [0.1, 0.15) is 15.9 Å². The van der Waals surface area contributed by atoms with Crippen molar-refractivity contribution in [1.82, 2.24) is 0 Å². The third-order valence-corrected chi connectivity index (χ3v) is 2.87. The number of benzene rings is 2. The molecule has 0 bridgehead atoms. The lowest BCUT2D eigenvalue weighted by Gasteiger charge is -2.07. The predicted molar refractivity (Wildman–Crippen MR) is 76.6 cm³/mol. The van der Waals surface area contributed by atoms with Crippen LogP contribution in [0.25, 0.3) is 0 Å². The molecule has 0 aromatic heterocycles. The Morgan fingerprint density at radius 2 is 1.85 bits per heavy atom. The maximum Gasteiger partial charge on any atom is 0.269 e. The number of hydrogen-bond donors (Lipinski definition) is 2. The van der Waals surface area contributed by atoms with Crippen LogP contribution in [0.4, 0.5) is 17.1 Å². The zero-order valence-electron chi connectivity index (χ0n) is 10.8. The summed E-state index contributed by atoms with van der Waals surface area (Å²) in [7, 11) is 0. The molecule has 2 aromatic rings. The molecule has 0 fully saturated rings. The summed E-state index contributed by atoms with van der Waals surface area (Å²) in [4.78, 5) is 22.1. The van der Waals surface area contributed by atoms with Crippen LogP contribution in [0, 0.1) is 17.0 Å². The molecule has 2 rings (SSSR count). The van der Waals surface area contributed by atoms with Crippen molar-refractivity contribution in [3.05, 3.63) is 63.7 Å². The Kier molecular flexibility index (Phi) is 3.65. The molecule has 102 valence electrons. The van der Waals surface area contributed by atoms with Gasteiger partial charge in [-0.05, 0) is 42.8 Å². The van der Waals surface area contributed by atoms with Crippen molar-refractivity contribution in [2.75, 3.05) is 11.1 Å². The Balaban J connectivity index is 2.14. The highest BCUT2D eigenvalue weighted by molar-refractivity contribution is 6.04. The van der Waals surface area contributed by atoms with E-state index in [9.17, 15) is 14.9 Å². The summed E-state index contributed by atoms with van der Waals surface area (Å²) < 4.78 is 0. The van der Waals surface area contributed by atoms with Gasteiger partial charge in [0, 0.05) is 29.1 Å². The summed E-state index contributed by atoms with van der Waals surface area (Å²) in [6.45, 7) is 1.82. The molecular weight excluding hydrogens is 258 g/mol. The van der Waals surface area contributed by atoms with Crippen molar-refractivity contribution in [3.8, 4) is 0 Å². The lowest BCUT2D eigenvalue weighted by molar-refractivity contribution is -0.384. The average molecular weight is 271 g/mol. The summed E-state index contributed by atoms with van der Waals surface area (Å²) in [5.41, 5.74) is 8.09. The van der Waals surface area contributed by atoms with Gasteiger partial charge in [0.1, 0.15) is 0 Å². The minimum atomic E-state index is -0.491. The molecule has 0 heterocycles. The van der Waals surface area contributed by atoms with Crippen LogP contribution in [-0.4, -0.2) is 10.8 Å². The number of anilines is 2. The van der Waals surface area contributed by atoms with E-state index < -0.39 is 4.92 Å². The number of non-ortho nitro benzene ring substituents is 1. The fourth-order valence-electron chi connectivity index (χ4n) is 1.69. The number of nitrogens with two attached hydrogens (primary N) is 1. The number of nitro groups is 1. The van der Waals surface area contributed by atoms with Crippen LogP contribution in [0.5, 0.6) is 0 Å². The number of hydrogen-bond acceptors (Lipinski definition) is 4. The topological polar surface area (TPSA) is 98.3 Å². The van der Waals surface area contributed by atoms with Gasteiger partial charge in [-0.25, -0.2) is 0 Å².